The third kappa shape index (κ3) is 15.0. The number of para-hydroxylation sites is 1. The summed E-state index contributed by atoms with van der Waals surface area (Å²) in [4.78, 5) is 12.8. The minimum Gasteiger partial charge on any atom is -0.377 e. The third-order valence-electron chi connectivity index (χ3n) is 5.07. The van der Waals surface area contributed by atoms with Crippen LogP contribution in [-0.4, -0.2) is 20.0 Å². The number of carbonyl (C=O) groups excluding carboxylic acids is 1. The molecule has 1 amide bonds. The van der Waals surface area contributed by atoms with Gasteiger partial charge in [0.2, 0.25) is 5.91 Å². The summed E-state index contributed by atoms with van der Waals surface area (Å²) in [6.45, 7) is 0. The zero-order chi connectivity index (χ0) is 22.6. The summed E-state index contributed by atoms with van der Waals surface area (Å²) < 4.78 is 0. The molecule has 0 saturated carbocycles. The number of benzene rings is 1. The topological polar surface area (TPSA) is 46.3 Å². The fourth-order valence-corrected chi connectivity index (χ4v) is 3.36. The van der Waals surface area contributed by atoms with Crippen LogP contribution < -0.4 is 10.6 Å². The normalized spacial score (nSPS) is 12.1. The predicted octanol–water partition coefficient (Wildman–Crippen LogP) is 6.91. The van der Waals surface area contributed by atoms with Crippen LogP contribution in [0, 0.1) is 0 Å². The molecular formula is C28H42N2O. The summed E-state index contributed by atoms with van der Waals surface area (Å²) in [6, 6.07) is 8.71. The molecule has 0 spiro atoms. The Kier molecular flexibility index (Phi) is 15.6. The van der Waals surface area contributed by atoms with Gasteiger partial charge in [0.25, 0.3) is 0 Å². The van der Waals surface area contributed by atoms with Gasteiger partial charge in [-0.1, -0.05) is 73.2 Å². The van der Waals surface area contributed by atoms with Crippen molar-refractivity contribution < 1.29 is 4.79 Å². The van der Waals surface area contributed by atoms with Crippen molar-refractivity contribution >= 4 is 11.6 Å². The predicted molar refractivity (Wildman–Crippen MR) is 136 cm³/mol. The molecule has 1 aromatic carbocycles. The Bertz CT molecular complexity index is 713. The second kappa shape index (κ2) is 18.2. The van der Waals surface area contributed by atoms with Gasteiger partial charge in [0.1, 0.15) is 0 Å². The molecular weight excluding hydrogens is 380 g/mol. The maximum absolute atomic E-state index is 10.6. The maximum Gasteiger partial charge on any atom is 0.217 e. The van der Waals surface area contributed by atoms with Crippen molar-refractivity contribution in [2.75, 3.05) is 19.0 Å². The van der Waals surface area contributed by atoms with Gasteiger partial charge in [0.15, 0.2) is 0 Å². The number of nitrogens with zero attached hydrogens (tertiary/aromatic N) is 1. The van der Waals surface area contributed by atoms with Crippen molar-refractivity contribution in [1.29, 1.82) is 0 Å². The van der Waals surface area contributed by atoms with E-state index in [1.165, 1.54) is 43.4 Å². The van der Waals surface area contributed by atoms with Crippen molar-refractivity contribution in [2.24, 2.45) is 5.73 Å². The SMILES string of the molecule is CN(C)c1ccccc1CCCCC/C=C\C/C=C\C/C=C\C/C=C\CCCC(N)=O. The van der Waals surface area contributed by atoms with Crippen molar-refractivity contribution in [1.82, 2.24) is 0 Å². The van der Waals surface area contributed by atoms with E-state index < -0.39 is 0 Å². The molecule has 0 aliphatic rings. The first-order chi connectivity index (χ1) is 15.1. The molecule has 0 atom stereocenters. The van der Waals surface area contributed by atoms with Gasteiger partial charge in [0, 0.05) is 26.2 Å². The van der Waals surface area contributed by atoms with Crippen molar-refractivity contribution in [3.05, 3.63) is 78.4 Å². The largest absolute Gasteiger partial charge is 0.377 e. The molecule has 2 N–H and O–H groups in total. The molecule has 3 heteroatoms. The lowest BCUT2D eigenvalue weighted by Gasteiger charge is -2.17. The van der Waals surface area contributed by atoms with E-state index in [4.69, 9.17) is 5.73 Å². The zero-order valence-corrected chi connectivity index (χ0v) is 19.6. The number of hydrogen-bond acceptors (Lipinski definition) is 2. The first kappa shape index (κ1) is 26.5. The highest BCUT2D eigenvalue weighted by Gasteiger charge is 2.02. The van der Waals surface area contributed by atoms with E-state index in [-0.39, 0.29) is 5.91 Å². The minimum atomic E-state index is -0.215. The van der Waals surface area contributed by atoms with E-state index in [1.54, 1.807) is 0 Å². The lowest BCUT2D eigenvalue weighted by molar-refractivity contribution is -0.118. The van der Waals surface area contributed by atoms with Gasteiger partial charge in [-0.15, -0.1) is 0 Å². The highest BCUT2D eigenvalue weighted by molar-refractivity contribution is 5.73. The van der Waals surface area contributed by atoms with Crippen LogP contribution in [0.4, 0.5) is 5.69 Å². The summed E-state index contributed by atoms with van der Waals surface area (Å²) >= 11 is 0. The Labute approximate surface area is 190 Å². The van der Waals surface area contributed by atoms with Gasteiger partial charge in [-0.05, 0) is 69.4 Å². The minimum absolute atomic E-state index is 0.215. The molecule has 1 aromatic rings. The van der Waals surface area contributed by atoms with Crippen molar-refractivity contribution in [3.63, 3.8) is 0 Å². The van der Waals surface area contributed by atoms with E-state index in [1.807, 2.05) is 0 Å². The van der Waals surface area contributed by atoms with Crippen LogP contribution in [-0.2, 0) is 11.2 Å². The fourth-order valence-electron chi connectivity index (χ4n) is 3.36. The van der Waals surface area contributed by atoms with Crippen LogP contribution in [0.5, 0.6) is 0 Å². The molecule has 0 fully saturated rings. The number of anilines is 1. The standard InChI is InChI=1S/C28H42N2O/c1-30(2)27-24-21-20-23-26(27)22-18-16-14-12-10-8-6-4-3-5-7-9-11-13-15-17-19-25-28(29)31/h3-4,7-10,13,15,20-21,23-24H,5-6,11-12,14,16-19,22,25H2,1-2H3,(H2,29,31)/b4-3-,9-7-,10-8-,15-13-. The smallest absolute Gasteiger partial charge is 0.217 e. The monoisotopic (exact) mass is 422 g/mol. The van der Waals surface area contributed by atoms with E-state index in [0.29, 0.717) is 6.42 Å². The summed E-state index contributed by atoms with van der Waals surface area (Å²) in [5.74, 6) is -0.215. The highest BCUT2D eigenvalue weighted by Crippen LogP contribution is 2.20. The van der Waals surface area contributed by atoms with Gasteiger partial charge in [-0.3, -0.25) is 4.79 Å². The average molecular weight is 423 g/mol. The second-order valence-corrected chi connectivity index (χ2v) is 8.07. The number of carbonyl (C=O) groups is 1. The van der Waals surface area contributed by atoms with E-state index in [0.717, 1.165) is 32.1 Å². The number of rotatable bonds is 17. The number of primary amides is 1. The summed E-state index contributed by atoms with van der Waals surface area (Å²) in [5, 5.41) is 0. The Morgan fingerprint density at radius 1 is 0.774 bits per heavy atom. The van der Waals surface area contributed by atoms with Crippen molar-refractivity contribution in [3.8, 4) is 0 Å². The van der Waals surface area contributed by atoms with Gasteiger partial charge >= 0.3 is 0 Å². The molecule has 0 saturated heterocycles. The van der Waals surface area contributed by atoms with E-state index in [2.05, 4.69) is 91.9 Å². The van der Waals surface area contributed by atoms with Gasteiger partial charge in [-0.25, -0.2) is 0 Å². The Morgan fingerprint density at radius 3 is 1.90 bits per heavy atom. The number of aryl methyl sites for hydroxylation is 1. The molecule has 0 aliphatic carbocycles. The summed E-state index contributed by atoms with van der Waals surface area (Å²) in [5.41, 5.74) is 7.91. The molecule has 170 valence electrons. The van der Waals surface area contributed by atoms with Gasteiger partial charge in [-0.2, -0.15) is 0 Å². The first-order valence-corrected chi connectivity index (χ1v) is 11.7. The molecule has 0 unspecified atom stereocenters. The van der Waals surface area contributed by atoms with Crippen LogP contribution in [0.25, 0.3) is 0 Å². The van der Waals surface area contributed by atoms with Crippen LogP contribution in [0.2, 0.25) is 0 Å². The fraction of sp³-hybridized carbons (Fsp3) is 0.464. The average Bonchev–Trinajstić information content (AvgIpc) is 2.75. The lowest BCUT2D eigenvalue weighted by Crippen LogP contribution is -2.11. The van der Waals surface area contributed by atoms with Crippen molar-refractivity contribution in [2.45, 2.75) is 70.6 Å². The maximum atomic E-state index is 10.6. The molecule has 1 rings (SSSR count). The van der Waals surface area contributed by atoms with Crippen LogP contribution in [0.15, 0.2) is 72.9 Å². The summed E-state index contributed by atoms with van der Waals surface area (Å²) in [6.07, 6.45) is 29.0. The quantitative estimate of drug-likeness (QED) is 0.219. The molecule has 0 bridgehead atoms. The molecule has 0 aliphatic heterocycles. The highest BCUT2D eigenvalue weighted by atomic mass is 16.1. The van der Waals surface area contributed by atoms with Crippen LogP contribution >= 0.6 is 0 Å². The Hall–Kier alpha value is -2.55. The van der Waals surface area contributed by atoms with Crippen LogP contribution in [0.1, 0.15) is 69.8 Å². The Morgan fingerprint density at radius 2 is 1.32 bits per heavy atom. The second-order valence-electron chi connectivity index (χ2n) is 8.07. The first-order valence-electron chi connectivity index (χ1n) is 11.7. The number of amides is 1. The molecule has 0 aromatic heterocycles. The number of allylic oxidation sites excluding steroid dienone is 8. The lowest BCUT2D eigenvalue weighted by atomic mass is 10.0. The number of hydrogen-bond donors (Lipinski definition) is 1. The van der Waals surface area contributed by atoms with E-state index in [9.17, 15) is 4.79 Å². The van der Waals surface area contributed by atoms with Gasteiger partial charge in [0.05, 0.1) is 0 Å². The van der Waals surface area contributed by atoms with Crippen LogP contribution in [0.3, 0.4) is 0 Å². The summed E-state index contributed by atoms with van der Waals surface area (Å²) in [7, 11) is 4.23. The number of nitrogens with two attached hydrogens (primary N) is 1. The zero-order valence-electron chi connectivity index (χ0n) is 19.6. The van der Waals surface area contributed by atoms with Gasteiger partial charge < -0.3 is 10.6 Å². The molecule has 0 radical (unpaired) electrons. The number of unbranched alkanes of at least 4 members (excludes halogenated alkanes) is 4. The third-order valence-corrected chi connectivity index (χ3v) is 5.07. The molecule has 3 nitrogen and oxygen atoms in total. The molecule has 31 heavy (non-hydrogen) atoms. The van der Waals surface area contributed by atoms with E-state index >= 15 is 0 Å². The molecule has 0 heterocycles. The Balaban J connectivity index is 1.99.